The number of hydrogen-bond donors (Lipinski definition) is 3. The van der Waals surface area contributed by atoms with Gasteiger partial charge in [0.05, 0.1) is 4.90 Å². The molecule has 0 saturated carbocycles. The Morgan fingerprint density at radius 1 is 1.04 bits per heavy atom. The number of benzene rings is 1. The first-order valence-corrected chi connectivity index (χ1v) is 9.65. The molecule has 4 N–H and O–H groups in total. The van der Waals surface area contributed by atoms with Gasteiger partial charge in [-0.25, -0.2) is 23.4 Å². The normalized spacial score (nSPS) is 11.8. The van der Waals surface area contributed by atoms with Crippen molar-refractivity contribution >= 4 is 33.0 Å². The number of hydrazine groups is 1. The summed E-state index contributed by atoms with van der Waals surface area (Å²) in [5.74, 6) is 0.914. The molecule has 26 heavy (non-hydrogen) atoms. The number of hydrogen-bond acceptors (Lipinski definition) is 8. The largest absolute Gasteiger partial charge is 0.393 e. The third-order valence-corrected chi connectivity index (χ3v) is 5.74. The zero-order chi connectivity index (χ0) is 19.3. The molecule has 1 aromatic heterocycles. The van der Waals surface area contributed by atoms with Gasteiger partial charge in [0.15, 0.2) is 11.6 Å². The van der Waals surface area contributed by atoms with Crippen molar-refractivity contribution in [2.24, 2.45) is 0 Å². The second-order valence-electron chi connectivity index (χ2n) is 5.73. The summed E-state index contributed by atoms with van der Waals surface area (Å²) in [6, 6.07) is 6.48. The van der Waals surface area contributed by atoms with E-state index in [9.17, 15) is 8.42 Å². The molecule has 1 heterocycles. The molecule has 2 aromatic rings. The summed E-state index contributed by atoms with van der Waals surface area (Å²) in [5.41, 5.74) is 10.1. The molecule has 0 amide bonds. The Hall–Kier alpha value is -2.43. The minimum absolute atomic E-state index is 0.248. The van der Waals surface area contributed by atoms with Crippen molar-refractivity contribution in [3.63, 3.8) is 0 Å². The van der Waals surface area contributed by atoms with Crippen LogP contribution in [0.15, 0.2) is 35.5 Å². The average Bonchev–Trinajstić information content (AvgIpc) is 2.59. The molecule has 0 radical (unpaired) electrons. The Labute approximate surface area is 154 Å². The Morgan fingerprint density at radius 2 is 1.62 bits per heavy atom. The molecule has 0 spiro atoms. The first kappa shape index (κ1) is 19.9. The van der Waals surface area contributed by atoms with Crippen LogP contribution in [0.5, 0.6) is 0 Å². The summed E-state index contributed by atoms with van der Waals surface area (Å²) in [6.07, 6.45) is 1.39. The van der Waals surface area contributed by atoms with Gasteiger partial charge in [-0.3, -0.25) is 0 Å². The van der Waals surface area contributed by atoms with Crippen molar-refractivity contribution < 1.29 is 8.42 Å². The Balaban J connectivity index is 2.23. The fraction of sp³-hybridized carbons (Fsp3) is 0.375. The number of nitrogens with one attached hydrogen (secondary N) is 2. The monoisotopic (exact) mass is 379 g/mol. The molecule has 0 saturated heterocycles. The topological polar surface area (TPSA) is 116 Å². The molecule has 0 bridgehead atoms. The van der Waals surface area contributed by atoms with Gasteiger partial charge in [-0.05, 0) is 24.3 Å². The molecular weight excluding hydrogens is 354 g/mol. The lowest BCUT2D eigenvalue weighted by Crippen LogP contribution is -2.30. The number of aromatic nitrogens is 2. The van der Waals surface area contributed by atoms with E-state index in [1.54, 1.807) is 29.3 Å². The van der Waals surface area contributed by atoms with E-state index in [4.69, 9.17) is 5.73 Å². The molecular formula is C16H25N7O2S. The zero-order valence-electron chi connectivity index (χ0n) is 15.4. The van der Waals surface area contributed by atoms with E-state index >= 15 is 0 Å². The fourth-order valence-corrected chi connectivity index (χ4v) is 3.81. The number of sulfonamides is 1. The second kappa shape index (κ2) is 8.30. The first-order valence-electron chi connectivity index (χ1n) is 8.21. The first-order chi connectivity index (χ1) is 12.3. The smallest absolute Gasteiger partial charge is 0.243 e. The van der Waals surface area contributed by atoms with Crippen LogP contribution in [0.1, 0.15) is 13.8 Å². The van der Waals surface area contributed by atoms with Crippen molar-refractivity contribution in [3.05, 3.63) is 30.6 Å². The van der Waals surface area contributed by atoms with E-state index in [1.165, 1.54) is 10.6 Å². The lowest BCUT2D eigenvalue weighted by molar-refractivity contribution is 0.445. The highest BCUT2D eigenvalue weighted by Gasteiger charge is 2.21. The molecule has 10 heteroatoms. The van der Waals surface area contributed by atoms with E-state index in [2.05, 4.69) is 20.7 Å². The number of nitrogen functional groups attached to an aromatic ring is 1. The molecule has 0 aliphatic heterocycles. The number of nitrogens with two attached hydrogens (primary N) is 1. The van der Waals surface area contributed by atoms with E-state index in [1.807, 2.05) is 27.9 Å². The average molecular weight is 379 g/mol. The van der Waals surface area contributed by atoms with Gasteiger partial charge in [0, 0.05) is 32.9 Å². The maximum atomic E-state index is 12.5. The highest BCUT2D eigenvalue weighted by atomic mass is 32.2. The van der Waals surface area contributed by atoms with E-state index < -0.39 is 10.0 Å². The quantitative estimate of drug-likeness (QED) is 0.594. The number of anilines is 4. The van der Waals surface area contributed by atoms with Crippen LogP contribution in [0.3, 0.4) is 0 Å². The molecule has 0 unspecified atom stereocenters. The lowest BCUT2D eigenvalue weighted by atomic mass is 10.3. The van der Waals surface area contributed by atoms with Crippen LogP contribution in [0.4, 0.5) is 23.0 Å². The van der Waals surface area contributed by atoms with Gasteiger partial charge < -0.3 is 16.5 Å². The third kappa shape index (κ3) is 4.40. The van der Waals surface area contributed by atoms with E-state index in [0.29, 0.717) is 36.1 Å². The van der Waals surface area contributed by atoms with Crippen LogP contribution in [-0.4, -0.2) is 54.9 Å². The van der Waals surface area contributed by atoms with Crippen molar-refractivity contribution in [2.45, 2.75) is 18.7 Å². The minimum Gasteiger partial charge on any atom is -0.393 e. The van der Waals surface area contributed by atoms with Crippen molar-refractivity contribution in [1.29, 1.82) is 0 Å². The van der Waals surface area contributed by atoms with E-state index in [-0.39, 0.29) is 4.90 Å². The van der Waals surface area contributed by atoms with Gasteiger partial charge in [0.2, 0.25) is 10.0 Å². The van der Waals surface area contributed by atoms with Crippen LogP contribution in [0, 0.1) is 0 Å². The Morgan fingerprint density at radius 3 is 2.15 bits per heavy atom. The lowest BCUT2D eigenvalue weighted by Gasteiger charge is -2.19. The summed E-state index contributed by atoms with van der Waals surface area (Å²) in [6.45, 7) is 4.48. The highest BCUT2D eigenvalue weighted by Crippen LogP contribution is 2.26. The summed E-state index contributed by atoms with van der Waals surface area (Å²) in [7, 11) is 0.167. The molecule has 0 atom stereocenters. The molecule has 0 aliphatic rings. The maximum absolute atomic E-state index is 12.5. The second-order valence-corrected chi connectivity index (χ2v) is 7.67. The van der Waals surface area contributed by atoms with Crippen molar-refractivity contribution in [1.82, 2.24) is 19.3 Å². The third-order valence-electron chi connectivity index (χ3n) is 3.67. The molecule has 2 rings (SSSR count). The summed E-state index contributed by atoms with van der Waals surface area (Å²) >= 11 is 0. The van der Waals surface area contributed by atoms with Gasteiger partial charge >= 0.3 is 0 Å². The highest BCUT2D eigenvalue weighted by molar-refractivity contribution is 7.89. The van der Waals surface area contributed by atoms with Gasteiger partial charge in [-0.1, -0.05) is 13.8 Å². The standard InChI is InChI=1S/C16H25N7O2S/c1-5-23(6-2)26(24,25)13-9-7-12(8-10-13)20-15-14(17)16(19-11-18-15)21-22(3)4/h7-11H,5-6,17H2,1-4H3,(H2,18,19,20,21). The van der Waals surface area contributed by atoms with Crippen LogP contribution < -0.4 is 16.5 Å². The van der Waals surface area contributed by atoms with Crippen LogP contribution in [-0.2, 0) is 10.0 Å². The van der Waals surface area contributed by atoms with Crippen LogP contribution in [0.2, 0.25) is 0 Å². The molecule has 1 aromatic carbocycles. The van der Waals surface area contributed by atoms with Gasteiger partial charge in [-0.2, -0.15) is 4.31 Å². The molecule has 9 nitrogen and oxygen atoms in total. The van der Waals surface area contributed by atoms with Gasteiger partial charge in [0.25, 0.3) is 0 Å². The van der Waals surface area contributed by atoms with Crippen molar-refractivity contribution in [3.8, 4) is 0 Å². The molecule has 142 valence electrons. The van der Waals surface area contributed by atoms with Gasteiger partial charge in [0.1, 0.15) is 12.0 Å². The van der Waals surface area contributed by atoms with Crippen LogP contribution >= 0.6 is 0 Å². The predicted octanol–water partition coefficient (Wildman–Crippen LogP) is 1.72. The fourth-order valence-electron chi connectivity index (χ4n) is 2.36. The van der Waals surface area contributed by atoms with Crippen LogP contribution in [0.25, 0.3) is 0 Å². The summed E-state index contributed by atoms with van der Waals surface area (Å²) < 4.78 is 26.4. The van der Waals surface area contributed by atoms with E-state index in [0.717, 1.165) is 0 Å². The number of nitrogens with zero attached hydrogens (tertiary/aromatic N) is 4. The predicted molar refractivity (Wildman–Crippen MR) is 104 cm³/mol. The Kier molecular flexibility index (Phi) is 6.35. The zero-order valence-corrected chi connectivity index (χ0v) is 16.2. The number of rotatable bonds is 8. The minimum atomic E-state index is -3.48. The SMILES string of the molecule is CCN(CC)S(=O)(=O)c1ccc(Nc2ncnc(NN(C)C)c2N)cc1. The van der Waals surface area contributed by atoms with Crippen molar-refractivity contribution in [2.75, 3.05) is 43.7 Å². The molecule has 0 aliphatic carbocycles. The van der Waals surface area contributed by atoms with Gasteiger partial charge in [-0.15, -0.1) is 0 Å². The molecule has 0 fully saturated rings. The maximum Gasteiger partial charge on any atom is 0.243 e. The summed E-state index contributed by atoms with van der Waals surface area (Å²) in [5, 5.41) is 4.80. The Bertz CT molecular complexity index is 834. The summed E-state index contributed by atoms with van der Waals surface area (Å²) in [4.78, 5) is 8.47.